The monoisotopic (exact) mass is 203 g/mol. The van der Waals surface area contributed by atoms with Crippen LogP contribution in [0.15, 0.2) is 30.6 Å². The number of hydrogen-bond donors (Lipinski definition) is 2. The number of aryl methyl sites for hydroxylation is 1. The molecule has 1 aromatic heterocycles. The molecule has 4 nitrogen and oxygen atoms in total. The van der Waals surface area contributed by atoms with Gasteiger partial charge in [0.05, 0.1) is 0 Å². The average molecular weight is 203 g/mol. The predicted molar refractivity (Wildman–Crippen MR) is 56.3 cm³/mol. The molecule has 0 aliphatic rings. The number of rotatable bonds is 3. The maximum absolute atomic E-state index is 9.97. The molecule has 2 N–H and O–H groups in total. The lowest BCUT2D eigenvalue weighted by Gasteiger charge is -2.08. The third kappa shape index (κ3) is 2.05. The number of benzene rings is 1. The molecule has 0 amide bonds. The van der Waals surface area contributed by atoms with Crippen LogP contribution in [-0.4, -0.2) is 20.3 Å². The first-order chi connectivity index (χ1) is 7.31. The summed E-state index contributed by atoms with van der Waals surface area (Å²) in [6.45, 7) is 2.08. The van der Waals surface area contributed by atoms with Gasteiger partial charge in [0, 0.05) is 0 Å². The number of H-pyrrole nitrogens is 1. The summed E-state index contributed by atoms with van der Waals surface area (Å²) in [6, 6.07) is 7.84. The van der Waals surface area contributed by atoms with Crippen molar-refractivity contribution in [1.29, 1.82) is 0 Å². The van der Waals surface area contributed by atoms with E-state index in [4.69, 9.17) is 0 Å². The lowest BCUT2D eigenvalue weighted by atomic mass is 10.0. The predicted octanol–water partition coefficient (Wildman–Crippen LogP) is 1.45. The van der Waals surface area contributed by atoms with Crippen LogP contribution in [0.5, 0.6) is 0 Å². The summed E-state index contributed by atoms with van der Waals surface area (Å²) in [5.41, 5.74) is 2.04. The van der Waals surface area contributed by atoms with Crippen molar-refractivity contribution in [1.82, 2.24) is 15.2 Å². The Bertz CT molecular complexity index is 425. The number of aliphatic hydroxyl groups is 1. The fourth-order valence-corrected chi connectivity index (χ4v) is 1.49. The molecule has 1 unspecified atom stereocenters. The van der Waals surface area contributed by atoms with Crippen LogP contribution < -0.4 is 0 Å². The van der Waals surface area contributed by atoms with E-state index in [9.17, 15) is 5.11 Å². The van der Waals surface area contributed by atoms with Crippen molar-refractivity contribution in [3.8, 4) is 0 Å². The summed E-state index contributed by atoms with van der Waals surface area (Å²) in [5, 5.41) is 16.3. The van der Waals surface area contributed by atoms with Gasteiger partial charge in [-0.2, -0.15) is 5.10 Å². The van der Waals surface area contributed by atoms with Gasteiger partial charge in [-0.25, -0.2) is 4.98 Å². The Morgan fingerprint density at radius 2 is 2.33 bits per heavy atom. The van der Waals surface area contributed by atoms with Crippen molar-refractivity contribution in [2.75, 3.05) is 0 Å². The van der Waals surface area contributed by atoms with E-state index in [0.717, 1.165) is 12.0 Å². The van der Waals surface area contributed by atoms with Crippen LogP contribution in [0.3, 0.4) is 0 Å². The Morgan fingerprint density at radius 3 is 3.00 bits per heavy atom. The van der Waals surface area contributed by atoms with Gasteiger partial charge in [0.1, 0.15) is 12.4 Å². The van der Waals surface area contributed by atoms with Gasteiger partial charge in [0.15, 0.2) is 5.82 Å². The van der Waals surface area contributed by atoms with Crippen LogP contribution in [0.4, 0.5) is 0 Å². The second-order valence-electron chi connectivity index (χ2n) is 3.37. The highest BCUT2D eigenvalue weighted by Crippen LogP contribution is 2.19. The number of nitrogens with zero attached hydrogens (tertiary/aromatic N) is 2. The molecule has 0 radical (unpaired) electrons. The largest absolute Gasteiger partial charge is 0.380 e. The summed E-state index contributed by atoms with van der Waals surface area (Å²) in [7, 11) is 0. The van der Waals surface area contributed by atoms with Crippen molar-refractivity contribution < 1.29 is 5.11 Å². The minimum Gasteiger partial charge on any atom is -0.380 e. The fraction of sp³-hybridized carbons (Fsp3) is 0.273. The van der Waals surface area contributed by atoms with Crippen LogP contribution >= 0.6 is 0 Å². The van der Waals surface area contributed by atoms with Crippen LogP contribution in [0.2, 0.25) is 0 Å². The molecule has 15 heavy (non-hydrogen) atoms. The SMILES string of the molecule is CCc1cccc(C(O)c2ncn[nH]2)c1. The van der Waals surface area contributed by atoms with Gasteiger partial charge in [0.25, 0.3) is 0 Å². The first-order valence-electron chi connectivity index (χ1n) is 4.93. The lowest BCUT2D eigenvalue weighted by Crippen LogP contribution is -2.02. The Hall–Kier alpha value is -1.68. The van der Waals surface area contributed by atoms with Gasteiger partial charge in [-0.15, -0.1) is 0 Å². The first kappa shape index (κ1) is 9.86. The number of aliphatic hydroxyl groups excluding tert-OH is 1. The van der Waals surface area contributed by atoms with E-state index in [0.29, 0.717) is 5.82 Å². The van der Waals surface area contributed by atoms with Crippen molar-refractivity contribution in [2.24, 2.45) is 0 Å². The third-order valence-corrected chi connectivity index (χ3v) is 2.37. The number of hydrogen-bond acceptors (Lipinski definition) is 3. The molecular formula is C11H13N3O. The van der Waals surface area contributed by atoms with Crippen molar-refractivity contribution in [3.05, 3.63) is 47.5 Å². The van der Waals surface area contributed by atoms with Crippen molar-refractivity contribution >= 4 is 0 Å². The molecule has 1 heterocycles. The Balaban J connectivity index is 2.29. The van der Waals surface area contributed by atoms with E-state index < -0.39 is 6.10 Å². The highest BCUT2D eigenvalue weighted by atomic mass is 16.3. The van der Waals surface area contributed by atoms with E-state index in [2.05, 4.69) is 22.1 Å². The Morgan fingerprint density at radius 1 is 1.47 bits per heavy atom. The maximum Gasteiger partial charge on any atom is 0.157 e. The van der Waals surface area contributed by atoms with Gasteiger partial charge in [0.2, 0.25) is 0 Å². The fourth-order valence-electron chi connectivity index (χ4n) is 1.49. The van der Waals surface area contributed by atoms with Gasteiger partial charge in [-0.1, -0.05) is 31.2 Å². The van der Waals surface area contributed by atoms with Crippen LogP contribution in [-0.2, 0) is 6.42 Å². The van der Waals surface area contributed by atoms with Crippen LogP contribution in [0, 0.1) is 0 Å². The third-order valence-electron chi connectivity index (χ3n) is 2.37. The van der Waals surface area contributed by atoms with Gasteiger partial charge in [-0.05, 0) is 17.5 Å². The highest BCUT2D eigenvalue weighted by Gasteiger charge is 2.12. The topological polar surface area (TPSA) is 61.8 Å². The standard InChI is InChI=1S/C11H13N3O/c1-2-8-4-3-5-9(6-8)10(15)11-12-7-13-14-11/h3-7,10,15H,2H2,1H3,(H,12,13,14). The average Bonchev–Trinajstić information content (AvgIpc) is 2.81. The van der Waals surface area contributed by atoms with Crippen molar-refractivity contribution in [2.45, 2.75) is 19.4 Å². The molecule has 78 valence electrons. The zero-order valence-corrected chi connectivity index (χ0v) is 8.51. The highest BCUT2D eigenvalue weighted by molar-refractivity contribution is 5.27. The van der Waals surface area contributed by atoms with Gasteiger partial charge in [-0.3, -0.25) is 5.10 Å². The minimum absolute atomic E-state index is 0.475. The summed E-state index contributed by atoms with van der Waals surface area (Å²) >= 11 is 0. The molecule has 2 aromatic rings. The molecule has 0 bridgehead atoms. The lowest BCUT2D eigenvalue weighted by molar-refractivity contribution is 0.210. The zero-order chi connectivity index (χ0) is 10.7. The molecule has 4 heteroatoms. The summed E-state index contributed by atoms with van der Waals surface area (Å²) in [5.74, 6) is 0.475. The smallest absolute Gasteiger partial charge is 0.157 e. The van der Waals surface area contributed by atoms with E-state index in [1.165, 1.54) is 11.9 Å². The van der Waals surface area contributed by atoms with E-state index in [-0.39, 0.29) is 0 Å². The molecule has 1 aromatic carbocycles. The minimum atomic E-state index is -0.723. The van der Waals surface area contributed by atoms with E-state index in [1.807, 2.05) is 24.3 Å². The molecule has 0 fully saturated rings. The first-order valence-corrected chi connectivity index (χ1v) is 4.93. The van der Waals surface area contributed by atoms with Crippen LogP contribution in [0.25, 0.3) is 0 Å². The van der Waals surface area contributed by atoms with Gasteiger partial charge < -0.3 is 5.11 Å². The second kappa shape index (κ2) is 4.23. The maximum atomic E-state index is 9.97. The molecule has 0 saturated heterocycles. The second-order valence-corrected chi connectivity index (χ2v) is 3.37. The molecule has 2 rings (SSSR count). The normalized spacial score (nSPS) is 12.7. The molecule has 0 spiro atoms. The van der Waals surface area contributed by atoms with Crippen molar-refractivity contribution in [3.63, 3.8) is 0 Å². The summed E-state index contributed by atoms with van der Waals surface area (Å²) < 4.78 is 0. The summed E-state index contributed by atoms with van der Waals surface area (Å²) in [4.78, 5) is 3.93. The van der Waals surface area contributed by atoms with E-state index in [1.54, 1.807) is 0 Å². The quantitative estimate of drug-likeness (QED) is 0.793. The van der Waals surface area contributed by atoms with Crippen LogP contribution in [0.1, 0.15) is 30.0 Å². The molecule has 0 saturated carbocycles. The Kier molecular flexibility index (Phi) is 2.78. The van der Waals surface area contributed by atoms with Gasteiger partial charge >= 0.3 is 0 Å². The number of aromatic nitrogens is 3. The number of aromatic amines is 1. The Labute approximate surface area is 88.0 Å². The molecule has 1 atom stereocenters. The summed E-state index contributed by atoms with van der Waals surface area (Å²) in [6.07, 6.45) is 1.62. The molecular weight excluding hydrogens is 190 g/mol. The molecule has 0 aliphatic carbocycles. The zero-order valence-electron chi connectivity index (χ0n) is 8.51. The van der Waals surface area contributed by atoms with E-state index >= 15 is 0 Å². The molecule has 0 aliphatic heterocycles. The number of nitrogens with one attached hydrogen (secondary N) is 1.